The first kappa shape index (κ1) is 43.9. The zero-order valence-electron chi connectivity index (χ0n) is 35.4. The fourth-order valence-electron chi connectivity index (χ4n) is 8.67. The number of pyridine rings is 1. The summed E-state index contributed by atoms with van der Waals surface area (Å²) in [6, 6.07) is 36.8. The first-order chi connectivity index (χ1) is 30.3. The van der Waals surface area contributed by atoms with Crippen molar-refractivity contribution >= 4 is 29.9 Å². The van der Waals surface area contributed by atoms with Crippen molar-refractivity contribution in [2.24, 2.45) is 11.8 Å². The second-order valence-corrected chi connectivity index (χ2v) is 16.3. The van der Waals surface area contributed by atoms with Crippen LogP contribution in [0.3, 0.4) is 0 Å². The molecule has 322 valence electrons. The third kappa shape index (κ3) is 11.2. The number of carbonyl (C=O) groups is 3. The van der Waals surface area contributed by atoms with Crippen LogP contribution in [0.25, 0.3) is 17.3 Å². The summed E-state index contributed by atoms with van der Waals surface area (Å²) in [6.07, 6.45) is 6.27. The number of hydrogen-bond acceptors (Lipinski definition) is 10. The number of benzene rings is 4. The number of nitrogens with zero attached hydrogens (tertiary/aromatic N) is 3. The molecular formula is C51H57N5O6. The number of aliphatic hydroxyl groups is 1. The minimum Gasteiger partial charge on any atom is -0.506 e. The van der Waals surface area contributed by atoms with Crippen LogP contribution in [-0.2, 0) is 20.9 Å². The predicted octanol–water partition coefficient (Wildman–Crippen LogP) is 7.47. The van der Waals surface area contributed by atoms with Gasteiger partial charge >= 0.3 is 5.97 Å². The molecule has 2 aliphatic heterocycles. The summed E-state index contributed by atoms with van der Waals surface area (Å²) in [5.74, 6) is -0.340. The number of allylic oxidation sites excluding steroid dienone is 1. The summed E-state index contributed by atoms with van der Waals surface area (Å²) in [7, 11) is 1.67. The molecule has 0 saturated carbocycles. The van der Waals surface area contributed by atoms with Gasteiger partial charge in [-0.25, -0.2) is 4.98 Å². The van der Waals surface area contributed by atoms with Gasteiger partial charge in [0.25, 0.3) is 5.91 Å². The average Bonchev–Trinajstić information content (AvgIpc) is 3.31. The smallest absolute Gasteiger partial charge is 0.317 e. The van der Waals surface area contributed by atoms with E-state index in [-0.39, 0.29) is 24.2 Å². The number of phenols is 1. The quantitative estimate of drug-likeness (QED) is 0.0323. The fourth-order valence-corrected chi connectivity index (χ4v) is 8.67. The second-order valence-electron chi connectivity index (χ2n) is 16.3. The Morgan fingerprint density at radius 1 is 0.839 bits per heavy atom. The van der Waals surface area contributed by atoms with E-state index in [0.29, 0.717) is 72.6 Å². The van der Waals surface area contributed by atoms with Crippen LogP contribution < -0.4 is 10.6 Å². The van der Waals surface area contributed by atoms with E-state index < -0.39 is 12.0 Å². The van der Waals surface area contributed by atoms with Crippen molar-refractivity contribution in [1.82, 2.24) is 20.1 Å². The Morgan fingerprint density at radius 3 is 2.26 bits per heavy atom. The number of ether oxygens (including phenoxy) is 1. The third-order valence-corrected chi connectivity index (χ3v) is 12.2. The highest BCUT2D eigenvalue weighted by Gasteiger charge is 2.28. The number of aromatic nitrogens is 1. The molecule has 62 heavy (non-hydrogen) atoms. The lowest BCUT2D eigenvalue weighted by molar-refractivity contribution is -0.146. The number of esters is 1. The van der Waals surface area contributed by atoms with Crippen molar-refractivity contribution in [3.8, 4) is 17.0 Å². The highest BCUT2D eigenvalue weighted by atomic mass is 16.5. The van der Waals surface area contributed by atoms with Crippen molar-refractivity contribution in [2.75, 3.05) is 58.2 Å². The van der Waals surface area contributed by atoms with E-state index in [1.807, 2.05) is 77.7 Å². The second kappa shape index (κ2) is 21.6. The Kier molecular flexibility index (Phi) is 15.3. The minimum absolute atomic E-state index is 0.0302. The topological polar surface area (TPSA) is 144 Å². The Bertz CT molecular complexity index is 2290. The zero-order valence-corrected chi connectivity index (χ0v) is 35.4. The molecule has 4 N–H and O–H groups in total. The van der Waals surface area contributed by atoms with E-state index in [1.54, 1.807) is 25.3 Å². The number of likely N-dealkylation sites (tertiary alicyclic amines) is 2. The monoisotopic (exact) mass is 835 g/mol. The van der Waals surface area contributed by atoms with Crippen LogP contribution in [0.1, 0.15) is 76.0 Å². The number of nitrogens with one attached hydrogen (secondary N) is 2. The van der Waals surface area contributed by atoms with E-state index in [9.17, 15) is 24.6 Å². The Hall–Kier alpha value is -6.14. The molecule has 0 spiro atoms. The summed E-state index contributed by atoms with van der Waals surface area (Å²) in [6.45, 7) is 5.42. The predicted molar refractivity (Wildman–Crippen MR) is 243 cm³/mol. The Balaban J connectivity index is 0.936. The van der Waals surface area contributed by atoms with Crippen molar-refractivity contribution in [3.05, 3.63) is 155 Å². The number of anilines is 1. The molecule has 0 aliphatic carbocycles. The van der Waals surface area contributed by atoms with Crippen LogP contribution >= 0.6 is 0 Å². The lowest BCUT2D eigenvalue weighted by Gasteiger charge is -2.32. The highest BCUT2D eigenvalue weighted by molar-refractivity contribution is 5.93. The number of rotatable bonds is 17. The Labute approximate surface area is 364 Å². The molecule has 2 atom stereocenters. The number of aromatic hydroxyl groups is 1. The van der Waals surface area contributed by atoms with Gasteiger partial charge in [0.1, 0.15) is 23.6 Å². The van der Waals surface area contributed by atoms with Gasteiger partial charge in [0.05, 0.1) is 24.1 Å². The summed E-state index contributed by atoms with van der Waals surface area (Å²) >= 11 is 0. The number of carbonyl (C=O) groups excluding carboxylic acids is 3. The minimum atomic E-state index is -0.864. The van der Waals surface area contributed by atoms with Crippen molar-refractivity contribution < 1.29 is 29.3 Å². The molecule has 2 aliphatic rings. The van der Waals surface area contributed by atoms with Crippen molar-refractivity contribution in [1.29, 1.82) is 0 Å². The molecule has 11 heteroatoms. The van der Waals surface area contributed by atoms with Crippen LogP contribution in [0.2, 0.25) is 0 Å². The van der Waals surface area contributed by atoms with Gasteiger partial charge in [-0.3, -0.25) is 19.3 Å². The van der Waals surface area contributed by atoms with Crippen LogP contribution in [0.5, 0.6) is 5.75 Å². The number of piperidine rings is 2. The highest BCUT2D eigenvalue weighted by Crippen LogP contribution is 2.34. The van der Waals surface area contributed by atoms with Gasteiger partial charge in [0.15, 0.2) is 0 Å². The molecular weight excluding hydrogens is 779 g/mol. The molecule has 5 aromatic rings. The van der Waals surface area contributed by atoms with Crippen molar-refractivity contribution in [3.63, 3.8) is 0 Å². The van der Waals surface area contributed by atoms with E-state index in [0.717, 1.165) is 62.0 Å². The van der Waals surface area contributed by atoms with E-state index in [4.69, 9.17) is 9.72 Å². The molecule has 11 nitrogen and oxygen atoms in total. The zero-order chi connectivity index (χ0) is 43.3. The number of hydrogen-bond donors (Lipinski definition) is 4. The fraction of sp³-hybridized carbons (Fsp3) is 0.333. The molecule has 3 heterocycles. The van der Waals surface area contributed by atoms with E-state index in [1.165, 1.54) is 17.7 Å². The molecule has 2 saturated heterocycles. The maximum atomic E-state index is 14.0. The summed E-state index contributed by atoms with van der Waals surface area (Å²) in [5, 5.41) is 27.6. The molecule has 0 radical (unpaired) electrons. The van der Waals surface area contributed by atoms with E-state index in [2.05, 4.69) is 39.8 Å². The molecule has 2 unspecified atom stereocenters. The molecule has 0 bridgehead atoms. The molecule has 7 rings (SSSR count). The first-order valence-electron chi connectivity index (χ1n) is 21.7. The van der Waals surface area contributed by atoms with Gasteiger partial charge in [0.2, 0.25) is 0 Å². The van der Waals surface area contributed by atoms with Gasteiger partial charge in [-0.2, -0.15) is 0 Å². The van der Waals surface area contributed by atoms with Crippen LogP contribution in [-0.4, -0.2) is 96.1 Å². The first-order valence-corrected chi connectivity index (χ1v) is 21.7. The maximum absolute atomic E-state index is 14.0. The summed E-state index contributed by atoms with van der Waals surface area (Å²) < 4.78 is 6.09. The van der Waals surface area contributed by atoms with E-state index >= 15 is 0 Å². The summed E-state index contributed by atoms with van der Waals surface area (Å²) in [4.78, 5) is 47.9. The van der Waals surface area contributed by atoms with Gasteiger partial charge < -0.3 is 30.5 Å². The molecule has 2 fully saturated rings. The lowest BCUT2D eigenvalue weighted by Crippen LogP contribution is -2.41. The molecule has 1 aromatic heterocycles. The number of phenolic OH excluding ortho intramolecular Hbond substituents is 1. The third-order valence-electron chi connectivity index (χ3n) is 12.2. The van der Waals surface area contributed by atoms with Crippen molar-refractivity contribution in [2.45, 2.75) is 44.2 Å². The maximum Gasteiger partial charge on any atom is 0.317 e. The number of aldehydes is 1. The molecule has 4 aromatic carbocycles. The van der Waals surface area contributed by atoms with Crippen LogP contribution in [0.15, 0.2) is 121 Å². The largest absolute Gasteiger partial charge is 0.506 e. The standard InChI is InChI=1S/C51H57N5O6/c1-52-49-43(17-10-30-57)42(20-21-46(49)58)47(59)33-53-32-36-24-28-56(29-25-36)50(60)45-19-9-18-44(54-45)40-15-8-16-41(31-40)48(39-13-6-3-7-14-39)51(61)62-35-38-22-26-55(27-23-38)34-37-11-4-2-5-12-37/h2-21,30-31,36,38,47-48,52-53,58-59H,22-29,32-35H2,1H3/b17-10-. The number of amides is 1. The normalized spacial score (nSPS) is 16.2. The number of aliphatic hydroxyl groups excluding tert-OH is 1. The van der Waals surface area contributed by atoms with Gasteiger partial charge in [0, 0.05) is 44.4 Å². The summed E-state index contributed by atoms with van der Waals surface area (Å²) in [5.41, 5.74) is 6.40. The molecule has 1 amide bonds. The van der Waals surface area contributed by atoms with Crippen LogP contribution in [0, 0.1) is 11.8 Å². The lowest BCUT2D eigenvalue weighted by atomic mass is 9.89. The average molecular weight is 836 g/mol. The Morgan fingerprint density at radius 2 is 1.53 bits per heavy atom. The SMILES string of the molecule is CNc1c(O)ccc(C(O)CNCC2CCN(C(=O)c3cccc(-c4cccc(C(C(=O)OCC5CCN(Cc6ccccc6)CC5)c5ccccc5)c4)n3)CC2)c1/C=C\C=O. The van der Waals surface area contributed by atoms with Crippen LogP contribution in [0.4, 0.5) is 5.69 Å². The van der Waals surface area contributed by atoms with Gasteiger partial charge in [-0.05, 0) is 116 Å². The van der Waals surface area contributed by atoms with Gasteiger partial charge in [-0.15, -0.1) is 0 Å². The van der Waals surface area contributed by atoms with Gasteiger partial charge in [-0.1, -0.05) is 91.0 Å².